The molecule has 0 aromatic carbocycles. The molecule has 96 valence electrons. The maximum Gasteiger partial charge on any atom is 0.325 e. The van der Waals surface area contributed by atoms with Crippen molar-refractivity contribution in [3.05, 3.63) is 12.2 Å². The summed E-state index contributed by atoms with van der Waals surface area (Å²) < 4.78 is 17.6. The molecule has 1 aliphatic rings. The van der Waals surface area contributed by atoms with E-state index in [1.54, 1.807) is 0 Å². The van der Waals surface area contributed by atoms with Gasteiger partial charge in [-0.15, -0.1) is 11.6 Å². The van der Waals surface area contributed by atoms with Crippen molar-refractivity contribution in [2.75, 3.05) is 13.7 Å². The Hall–Kier alpha value is -1.10. The number of carbonyl (C=O) groups excluding carboxylic acids is 2. The molecular formula is C11H15ClFNO3. The van der Waals surface area contributed by atoms with Gasteiger partial charge >= 0.3 is 5.97 Å². The monoisotopic (exact) mass is 263 g/mol. The minimum atomic E-state index is -1.15. The Morgan fingerprint density at radius 2 is 2.29 bits per heavy atom. The van der Waals surface area contributed by atoms with Crippen molar-refractivity contribution in [3.8, 4) is 0 Å². The molecule has 0 spiro atoms. The van der Waals surface area contributed by atoms with Gasteiger partial charge in [0, 0.05) is 5.38 Å². The molecule has 3 atom stereocenters. The highest BCUT2D eigenvalue weighted by molar-refractivity contribution is 6.22. The van der Waals surface area contributed by atoms with Gasteiger partial charge < -0.3 is 10.1 Å². The summed E-state index contributed by atoms with van der Waals surface area (Å²) in [5, 5.41) is 1.83. The highest BCUT2D eigenvalue weighted by Gasteiger charge is 2.36. The molecule has 1 saturated carbocycles. The molecule has 0 bridgehead atoms. The second kappa shape index (κ2) is 6.00. The second-order valence-corrected chi connectivity index (χ2v) is 4.54. The molecule has 0 heterocycles. The fourth-order valence-electron chi connectivity index (χ4n) is 1.69. The molecule has 1 N–H and O–H groups in total. The van der Waals surface area contributed by atoms with E-state index in [0.717, 1.165) is 0 Å². The fraction of sp³-hybridized carbons (Fsp3) is 0.636. The SMILES string of the molecule is C=C1CC(C(=O)NCC(=O)OC)C(Cl)CC1F. The van der Waals surface area contributed by atoms with E-state index in [0.29, 0.717) is 5.57 Å². The first-order valence-electron chi connectivity index (χ1n) is 5.26. The zero-order chi connectivity index (χ0) is 13.0. The number of methoxy groups -OCH3 is 1. The highest BCUT2D eigenvalue weighted by Crippen LogP contribution is 2.33. The molecule has 0 saturated heterocycles. The molecule has 1 fully saturated rings. The van der Waals surface area contributed by atoms with Crippen molar-refractivity contribution < 1.29 is 18.7 Å². The zero-order valence-corrected chi connectivity index (χ0v) is 10.3. The molecule has 1 amide bonds. The van der Waals surface area contributed by atoms with Crippen LogP contribution in [0, 0.1) is 5.92 Å². The number of carbonyl (C=O) groups is 2. The van der Waals surface area contributed by atoms with Gasteiger partial charge in [-0.05, 0) is 18.4 Å². The lowest BCUT2D eigenvalue weighted by molar-refractivity contribution is -0.141. The maximum atomic E-state index is 13.2. The summed E-state index contributed by atoms with van der Waals surface area (Å²) in [5.41, 5.74) is 0.375. The fourth-order valence-corrected chi connectivity index (χ4v) is 2.05. The van der Waals surface area contributed by atoms with E-state index in [2.05, 4.69) is 16.6 Å². The first kappa shape index (κ1) is 14.0. The molecule has 3 unspecified atom stereocenters. The smallest absolute Gasteiger partial charge is 0.325 e. The number of rotatable bonds is 3. The minimum Gasteiger partial charge on any atom is -0.468 e. The van der Waals surface area contributed by atoms with Crippen LogP contribution >= 0.6 is 11.6 Å². The topological polar surface area (TPSA) is 55.4 Å². The molecule has 17 heavy (non-hydrogen) atoms. The van der Waals surface area contributed by atoms with Crippen molar-refractivity contribution in [2.24, 2.45) is 5.92 Å². The maximum absolute atomic E-state index is 13.2. The molecule has 0 aliphatic heterocycles. The average molecular weight is 264 g/mol. The normalized spacial score (nSPS) is 28.6. The number of alkyl halides is 2. The van der Waals surface area contributed by atoms with E-state index < -0.39 is 23.4 Å². The van der Waals surface area contributed by atoms with Crippen LogP contribution < -0.4 is 5.32 Å². The van der Waals surface area contributed by atoms with E-state index in [9.17, 15) is 14.0 Å². The largest absolute Gasteiger partial charge is 0.468 e. The number of hydrogen-bond acceptors (Lipinski definition) is 3. The highest BCUT2D eigenvalue weighted by atomic mass is 35.5. The van der Waals surface area contributed by atoms with Crippen LogP contribution in [0.3, 0.4) is 0 Å². The zero-order valence-electron chi connectivity index (χ0n) is 9.54. The summed E-state index contributed by atoms with van der Waals surface area (Å²) in [5.74, 6) is -1.45. The molecule has 0 aromatic rings. The number of ether oxygens (including phenoxy) is 1. The van der Waals surface area contributed by atoms with Gasteiger partial charge in [0.05, 0.1) is 13.0 Å². The summed E-state index contributed by atoms with van der Waals surface area (Å²) in [4.78, 5) is 22.6. The minimum absolute atomic E-state index is 0.0801. The predicted molar refractivity (Wildman–Crippen MR) is 61.4 cm³/mol. The molecular weight excluding hydrogens is 249 g/mol. The third kappa shape index (κ3) is 3.70. The van der Waals surface area contributed by atoms with Crippen molar-refractivity contribution in [1.82, 2.24) is 5.32 Å². The Morgan fingerprint density at radius 1 is 1.65 bits per heavy atom. The Balaban J connectivity index is 2.51. The third-order valence-electron chi connectivity index (χ3n) is 2.77. The number of allylic oxidation sites excluding steroid dienone is 1. The summed E-state index contributed by atoms with van der Waals surface area (Å²) in [6.07, 6.45) is -0.860. The van der Waals surface area contributed by atoms with Gasteiger partial charge in [-0.3, -0.25) is 9.59 Å². The summed E-state index contributed by atoms with van der Waals surface area (Å²) in [7, 11) is 1.23. The van der Waals surface area contributed by atoms with Gasteiger partial charge in [0.25, 0.3) is 0 Å². The Morgan fingerprint density at radius 3 is 2.88 bits per heavy atom. The predicted octanol–water partition coefficient (Wildman–Crippen LogP) is 1.19. The standard InChI is InChI=1S/C11H15ClFNO3/c1-6-3-7(8(12)4-9(6)13)11(16)14-5-10(15)17-2/h7-9H,1,3-5H2,2H3,(H,14,16). The van der Waals surface area contributed by atoms with Crippen LogP contribution in [0.5, 0.6) is 0 Å². The quantitative estimate of drug-likeness (QED) is 0.473. The molecule has 1 aliphatic carbocycles. The van der Waals surface area contributed by atoms with Gasteiger partial charge in [0.15, 0.2) is 0 Å². The molecule has 6 heteroatoms. The van der Waals surface area contributed by atoms with Crippen molar-refractivity contribution >= 4 is 23.5 Å². The van der Waals surface area contributed by atoms with E-state index in [-0.39, 0.29) is 25.3 Å². The third-order valence-corrected chi connectivity index (χ3v) is 3.25. The van der Waals surface area contributed by atoms with Gasteiger partial charge in [-0.1, -0.05) is 6.58 Å². The van der Waals surface area contributed by atoms with Crippen LogP contribution in [0.2, 0.25) is 0 Å². The van der Waals surface area contributed by atoms with E-state index in [4.69, 9.17) is 11.6 Å². The van der Waals surface area contributed by atoms with Crippen molar-refractivity contribution in [1.29, 1.82) is 0 Å². The van der Waals surface area contributed by atoms with E-state index in [1.807, 2.05) is 0 Å². The molecule has 0 radical (unpaired) electrons. The van der Waals surface area contributed by atoms with E-state index >= 15 is 0 Å². The number of hydrogen-bond donors (Lipinski definition) is 1. The van der Waals surface area contributed by atoms with Gasteiger partial charge in [0.2, 0.25) is 5.91 Å². The molecule has 4 nitrogen and oxygen atoms in total. The Bertz CT molecular complexity index is 335. The number of esters is 1. The van der Waals surface area contributed by atoms with Crippen LogP contribution in [0.25, 0.3) is 0 Å². The van der Waals surface area contributed by atoms with Crippen molar-refractivity contribution in [3.63, 3.8) is 0 Å². The van der Waals surface area contributed by atoms with Gasteiger partial charge in [-0.2, -0.15) is 0 Å². The van der Waals surface area contributed by atoms with Crippen LogP contribution in [0.15, 0.2) is 12.2 Å². The second-order valence-electron chi connectivity index (χ2n) is 3.98. The van der Waals surface area contributed by atoms with Crippen LogP contribution in [0.1, 0.15) is 12.8 Å². The van der Waals surface area contributed by atoms with Gasteiger partial charge in [-0.25, -0.2) is 4.39 Å². The lowest BCUT2D eigenvalue weighted by Gasteiger charge is -2.29. The Labute approximate surface area is 104 Å². The Kier molecular flexibility index (Phi) is 4.93. The first-order valence-corrected chi connectivity index (χ1v) is 5.69. The number of nitrogens with one attached hydrogen (secondary N) is 1. The van der Waals surface area contributed by atoms with Crippen LogP contribution in [0.4, 0.5) is 4.39 Å². The number of amides is 1. The lowest BCUT2D eigenvalue weighted by atomic mass is 9.84. The summed E-state index contributed by atoms with van der Waals surface area (Å²) in [6, 6.07) is 0. The van der Waals surface area contributed by atoms with Crippen LogP contribution in [-0.2, 0) is 14.3 Å². The first-order chi connectivity index (χ1) is 7.95. The van der Waals surface area contributed by atoms with Crippen molar-refractivity contribution in [2.45, 2.75) is 24.4 Å². The molecule has 0 aromatic heterocycles. The summed E-state index contributed by atoms with van der Waals surface area (Å²) >= 11 is 5.93. The van der Waals surface area contributed by atoms with Crippen LogP contribution in [-0.4, -0.2) is 37.1 Å². The van der Waals surface area contributed by atoms with Gasteiger partial charge in [0.1, 0.15) is 12.7 Å². The average Bonchev–Trinajstić information content (AvgIpc) is 2.30. The lowest BCUT2D eigenvalue weighted by Crippen LogP contribution is -2.42. The molecule has 1 rings (SSSR count). The summed E-state index contributed by atoms with van der Waals surface area (Å²) in [6.45, 7) is 3.36. The van der Waals surface area contributed by atoms with E-state index in [1.165, 1.54) is 7.11 Å². The number of halogens is 2.